The van der Waals surface area contributed by atoms with Gasteiger partial charge < -0.3 is 10.6 Å². The second kappa shape index (κ2) is 29.6. The first-order valence-electron chi connectivity index (χ1n) is 14.0. The van der Waals surface area contributed by atoms with Crippen molar-refractivity contribution >= 4 is 105 Å². The summed E-state index contributed by atoms with van der Waals surface area (Å²) in [5.41, 5.74) is 0. The van der Waals surface area contributed by atoms with Crippen LogP contribution >= 0.6 is 105 Å². The normalized spacial score (nSPS) is 12.3. The van der Waals surface area contributed by atoms with Gasteiger partial charge in [-0.2, -0.15) is 0 Å². The van der Waals surface area contributed by atoms with Gasteiger partial charge in [-0.3, -0.25) is 10.2 Å². The molecule has 3 aromatic rings. The summed E-state index contributed by atoms with van der Waals surface area (Å²) < 4.78 is 5.82. The van der Waals surface area contributed by atoms with Crippen molar-refractivity contribution in [3.8, 4) is 0 Å². The zero-order chi connectivity index (χ0) is 32.1. The van der Waals surface area contributed by atoms with Gasteiger partial charge in [-0.15, -0.1) is 20.4 Å². The predicted molar refractivity (Wildman–Crippen MR) is 207 cm³/mol. The Morgan fingerprint density at radius 2 is 0.955 bits per heavy atom. The summed E-state index contributed by atoms with van der Waals surface area (Å²) in [5, 5.41) is 31.7. The molecule has 3 rings (SSSR count). The molecule has 0 fully saturated rings. The number of nitrogens with zero attached hydrogens (tertiary/aromatic N) is 4. The Morgan fingerprint density at radius 1 is 0.636 bits per heavy atom. The molecule has 0 amide bonds. The fourth-order valence-corrected chi connectivity index (χ4v) is 9.45. The van der Waals surface area contributed by atoms with E-state index in [1.165, 1.54) is 24.2 Å². The third-order valence-electron chi connectivity index (χ3n) is 4.65. The highest BCUT2D eigenvalue weighted by atomic mass is 32.2. The van der Waals surface area contributed by atoms with Gasteiger partial charge in [0.1, 0.15) is 0 Å². The first kappa shape index (κ1) is 48.8. The number of aromatic amines is 2. The Balaban J connectivity index is -0.000000544. The number of hydrogen-bond acceptors (Lipinski definition) is 15. The van der Waals surface area contributed by atoms with Gasteiger partial charge >= 0.3 is 0 Å². The van der Waals surface area contributed by atoms with Gasteiger partial charge in [-0.1, -0.05) is 151 Å². The molecule has 0 bridgehead atoms. The van der Waals surface area contributed by atoms with E-state index in [1.54, 1.807) is 29.6 Å². The average molecular weight is 782 g/mol. The monoisotopic (exact) mass is 781 g/mol. The number of H-pyrrole nitrogens is 2. The largest absolute Gasteiger partial charge is 0.870 e. The second-order valence-corrected chi connectivity index (χ2v) is 20.1. The molecular formula is C27H53N6O2S9-. The van der Waals surface area contributed by atoms with Gasteiger partial charge in [0.05, 0.1) is 6.10 Å². The molecule has 258 valence electrons. The van der Waals surface area contributed by atoms with E-state index in [4.69, 9.17) is 29.5 Å². The minimum atomic E-state index is -0.116. The highest BCUT2D eigenvalue weighted by Gasteiger charge is 2.11. The molecule has 0 aliphatic rings. The van der Waals surface area contributed by atoms with Crippen molar-refractivity contribution in [2.24, 2.45) is 11.8 Å². The van der Waals surface area contributed by atoms with E-state index < -0.39 is 0 Å². The molecule has 8 nitrogen and oxygen atoms in total. The molecule has 3 unspecified atom stereocenters. The molecule has 44 heavy (non-hydrogen) atoms. The number of aromatic nitrogens is 6. The molecule has 0 aromatic carbocycles. The third-order valence-corrected chi connectivity index (χ3v) is 13.6. The van der Waals surface area contributed by atoms with E-state index in [1.807, 2.05) is 54.0 Å². The average Bonchev–Trinajstić information content (AvgIpc) is 3.68. The first-order valence-corrected chi connectivity index (χ1v) is 21.0. The van der Waals surface area contributed by atoms with E-state index in [-0.39, 0.29) is 19.0 Å². The van der Waals surface area contributed by atoms with Crippen molar-refractivity contribution < 1.29 is 10.6 Å². The molecule has 17 heteroatoms. The van der Waals surface area contributed by atoms with Gasteiger partial charge in [-0.05, 0) is 62.5 Å². The van der Waals surface area contributed by atoms with Crippen molar-refractivity contribution in [2.75, 3.05) is 11.5 Å². The number of aliphatic hydroxyl groups excluding tert-OH is 1. The molecule has 0 aliphatic heterocycles. The van der Waals surface area contributed by atoms with E-state index in [9.17, 15) is 0 Å². The third kappa shape index (κ3) is 27.5. The molecule has 0 spiro atoms. The molecule has 3 heterocycles. The lowest BCUT2D eigenvalue weighted by molar-refractivity contribution is 0.191. The van der Waals surface area contributed by atoms with Crippen LogP contribution in [0.4, 0.5) is 0 Å². The lowest BCUT2D eigenvalue weighted by Crippen LogP contribution is -1.93. The number of aliphatic hydroxyl groups is 1. The van der Waals surface area contributed by atoms with Crippen LogP contribution in [0, 0.1) is 19.7 Å². The van der Waals surface area contributed by atoms with Gasteiger partial charge in [-0.25, -0.2) is 0 Å². The Morgan fingerprint density at radius 3 is 1.20 bits per heavy atom. The minimum Gasteiger partial charge on any atom is -0.870 e. The van der Waals surface area contributed by atoms with Gasteiger partial charge in [0, 0.05) is 22.0 Å². The molecular weight excluding hydrogens is 729 g/mol. The van der Waals surface area contributed by atoms with Gasteiger partial charge in [0.2, 0.25) is 0 Å². The lowest BCUT2D eigenvalue weighted by atomic mass is 10.3. The SMILES string of the molecule is C.CC(C)CSc1nnc(SCC(C)C)s1.CCC(C)O.CCC(C)Sc1nnc(SC(C)CC)s1.S=c1[nH][nH]c(=S)s1.[OH-]. The summed E-state index contributed by atoms with van der Waals surface area (Å²) in [6, 6.07) is 0. The van der Waals surface area contributed by atoms with Crippen LogP contribution in [0.1, 0.15) is 95.9 Å². The molecule has 0 saturated heterocycles. The van der Waals surface area contributed by atoms with Crippen LogP contribution < -0.4 is 0 Å². The molecule has 0 saturated carbocycles. The number of nitrogens with one attached hydrogen (secondary N) is 2. The topological polar surface area (TPSA) is 133 Å². The Labute approximate surface area is 305 Å². The van der Waals surface area contributed by atoms with Gasteiger partial charge in [0.25, 0.3) is 0 Å². The number of hydrogen-bond donors (Lipinski definition) is 3. The van der Waals surface area contributed by atoms with E-state index in [2.05, 4.69) is 86.0 Å². The first-order chi connectivity index (χ1) is 19.8. The minimum absolute atomic E-state index is 0. The van der Waals surface area contributed by atoms with Crippen LogP contribution in [0.3, 0.4) is 0 Å². The molecule has 0 aliphatic carbocycles. The predicted octanol–water partition coefficient (Wildman–Crippen LogP) is 11.5. The van der Waals surface area contributed by atoms with Crippen molar-refractivity contribution in [2.45, 2.75) is 130 Å². The summed E-state index contributed by atoms with van der Waals surface area (Å²) in [6.45, 7) is 21.5. The van der Waals surface area contributed by atoms with Crippen molar-refractivity contribution in [1.82, 2.24) is 30.6 Å². The fourth-order valence-electron chi connectivity index (χ4n) is 1.83. The highest BCUT2D eigenvalue weighted by Crippen LogP contribution is 2.34. The Hall–Kier alpha value is 0.440. The standard InChI is InChI=1S/2C10H18N2S3.C4H10O.C2H2N2S3.CH4.H2O/c1-7(2)5-13-9-11-12-10(15-9)14-6-8(3)4;1-5-7(3)13-9-11-12-10(15-9)14-8(4)6-2;1-3-4(2)5;5-1-3-4-2(6)7-1;;/h2*7-8H,5-6H2,1-4H3;4-5H,3H2,1-2H3;(H,3,5)(H,4,6);1H4;1H2/p-1. The summed E-state index contributed by atoms with van der Waals surface area (Å²) in [4.78, 5) is 0. The fraction of sp³-hybridized carbons (Fsp3) is 0.778. The summed E-state index contributed by atoms with van der Waals surface area (Å²) >= 11 is 21.5. The summed E-state index contributed by atoms with van der Waals surface area (Å²) in [7, 11) is 0. The summed E-state index contributed by atoms with van der Waals surface area (Å²) in [6.07, 6.45) is 3.10. The summed E-state index contributed by atoms with van der Waals surface area (Å²) in [5.74, 6) is 3.68. The van der Waals surface area contributed by atoms with Crippen LogP contribution in [0.5, 0.6) is 0 Å². The van der Waals surface area contributed by atoms with Crippen molar-refractivity contribution in [1.29, 1.82) is 0 Å². The van der Waals surface area contributed by atoms with Crippen LogP contribution in [-0.4, -0.2) is 69.3 Å². The van der Waals surface area contributed by atoms with E-state index in [0.29, 0.717) is 30.2 Å². The Bertz CT molecular complexity index is 1080. The maximum absolute atomic E-state index is 8.36. The second-order valence-electron chi connectivity index (χ2n) is 9.94. The highest BCUT2D eigenvalue weighted by molar-refractivity contribution is 8.04. The van der Waals surface area contributed by atoms with Crippen LogP contribution in [-0.2, 0) is 0 Å². The molecule has 3 aromatic heterocycles. The molecule has 0 radical (unpaired) electrons. The van der Waals surface area contributed by atoms with E-state index >= 15 is 0 Å². The van der Waals surface area contributed by atoms with Crippen molar-refractivity contribution in [3.05, 3.63) is 7.91 Å². The Kier molecular flexibility index (Phi) is 32.8. The zero-order valence-electron chi connectivity index (χ0n) is 26.8. The zero-order valence-corrected chi connectivity index (χ0v) is 34.1. The number of rotatable bonds is 13. The van der Waals surface area contributed by atoms with Crippen LogP contribution in [0.25, 0.3) is 0 Å². The van der Waals surface area contributed by atoms with Gasteiger partial charge in [0.15, 0.2) is 25.3 Å². The maximum atomic E-state index is 8.36. The van der Waals surface area contributed by atoms with E-state index in [0.717, 1.165) is 35.3 Å². The molecule has 4 N–H and O–H groups in total. The smallest absolute Gasteiger partial charge is 0.175 e. The quantitative estimate of drug-likeness (QED) is 0.113. The van der Waals surface area contributed by atoms with Crippen molar-refractivity contribution in [3.63, 3.8) is 0 Å². The number of thioether (sulfide) groups is 4. The van der Waals surface area contributed by atoms with Crippen LogP contribution in [0.2, 0.25) is 0 Å². The molecule has 3 atom stereocenters. The van der Waals surface area contributed by atoms with Crippen LogP contribution in [0.15, 0.2) is 17.4 Å². The maximum Gasteiger partial charge on any atom is 0.175 e. The lowest BCUT2D eigenvalue weighted by Gasteiger charge is -2.03.